The second kappa shape index (κ2) is 7.69. The minimum Gasteiger partial charge on any atom is -0.436 e. The van der Waals surface area contributed by atoms with E-state index in [1.807, 2.05) is 0 Å². The Morgan fingerprint density at radius 2 is 1.96 bits per heavy atom. The van der Waals surface area contributed by atoms with Crippen molar-refractivity contribution in [2.24, 2.45) is 5.73 Å². The first-order chi connectivity index (χ1) is 11.8. The smallest absolute Gasteiger partial charge is 0.405 e. The number of ether oxygens (including phenoxy) is 1. The molecule has 2 amide bonds. The van der Waals surface area contributed by atoms with E-state index < -0.39 is 29.7 Å². The molecule has 0 aliphatic carbocycles. The van der Waals surface area contributed by atoms with Gasteiger partial charge in [0.1, 0.15) is 0 Å². The molecule has 132 valence electrons. The first-order valence-corrected chi connectivity index (χ1v) is 7.36. The number of amides is 2. The molecule has 0 radical (unpaired) electrons. The summed E-state index contributed by atoms with van der Waals surface area (Å²) in [6.07, 6.45) is -0.698. The maximum Gasteiger partial charge on any atom is 0.405 e. The lowest BCUT2D eigenvalue weighted by molar-refractivity contribution is -0.137. The van der Waals surface area contributed by atoms with Crippen molar-refractivity contribution in [3.63, 3.8) is 0 Å². The van der Waals surface area contributed by atoms with Crippen LogP contribution in [-0.4, -0.2) is 42.1 Å². The van der Waals surface area contributed by atoms with Crippen LogP contribution < -0.4 is 5.73 Å². The van der Waals surface area contributed by atoms with Crippen molar-refractivity contribution in [2.45, 2.75) is 12.5 Å². The van der Waals surface area contributed by atoms with Crippen molar-refractivity contribution in [3.05, 3.63) is 53.7 Å². The van der Waals surface area contributed by atoms with Crippen LogP contribution in [0.5, 0.6) is 0 Å². The van der Waals surface area contributed by atoms with Crippen molar-refractivity contribution in [2.75, 3.05) is 14.1 Å². The third-order valence-electron chi connectivity index (χ3n) is 3.45. The summed E-state index contributed by atoms with van der Waals surface area (Å²) in [6.45, 7) is 0. The summed E-state index contributed by atoms with van der Waals surface area (Å²) in [5.41, 5.74) is 5.83. The number of nitrogens with two attached hydrogens (primary N) is 1. The molecule has 0 saturated carbocycles. The highest BCUT2D eigenvalue weighted by Gasteiger charge is 2.24. The third-order valence-corrected chi connectivity index (χ3v) is 3.45. The van der Waals surface area contributed by atoms with E-state index in [-0.39, 0.29) is 17.7 Å². The van der Waals surface area contributed by atoms with Gasteiger partial charge in [0.25, 0.3) is 5.91 Å². The molecule has 2 aromatic rings. The van der Waals surface area contributed by atoms with Gasteiger partial charge >= 0.3 is 6.09 Å². The van der Waals surface area contributed by atoms with E-state index in [9.17, 15) is 18.4 Å². The Hall–Kier alpha value is -3.03. The quantitative estimate of drug-likeness (QED) is 0.896. The minimum atomic E-state index is -1.09. The number of likely N-dealkylation sites (N-methyl/N-ethyl adjacent to an activating group) is 1. The number of hydrogen-bond acceptors (Lipinski definition) is 4. The maximum absolute atomic E-state index is 13.8. The fraction of sp³-hybridized carbons (Fsp3) is 0.235. The normalized spacial score (nSPS) is 11.7. The molecule has 0 aliphatic rings. The molecule has 1 heterocycles. The van der Waals surface area contributed by atoms with E-state index in [4.69, 9.17) is 10.5 Å². The zero-order valence-electron chi connectivity index (χ0n) is 13.7. The molecule has 0 aliphatic heterocycles. The minimum absolute atomic E-state index is 0.0286. The second-order valence-corrected chi connectivity index (χ2v) is 5.52. The molecule has 0 bridgehead atoms. The summed E-state index contributed by atoms with van der Waals surface area (Å²) < 4.78 is 31.9. The summed E-state index contributed by atoms with van der Waals surface area (Å²) in [5, 5.41) is 0. The number of rotatable bonds is 5. The summed E-state index contributed by atoms with van der Waals surface area (Å²) in [7, 11) is 3.04. The topological polar surface area (TPSA) is 85.5 Å². The van der Waals surface area contributed by atoms with Gasteiger partial charge < -0.3 is 15.4 Å². The van der Waals surface area contributed by atoms with Crippen molar-refractivity contribution < 1.29 is 23.1 Å². The molecular weight excluding hydrogens is 332 g/mol. The number of hydrogen-bond donors (Lipinski definition) is 1. The van der Waals surface area contributed by atoms with Crippen LogP contribution in [-0.2, 0) is 16.0 Å². The molecule has 1 aromatic carbocycles. The second-order valence-electron chi connectivity index (χ2n) is 5.52. The number of carbonyl (C=O) groups excluding carboxylic acids is 2. The van der Waals surface area contributed by atoms with Gasteiger partial charge in [-0.1, -0.05) is 12.1 Å². The molecule has 25 heavy (non-hydrogen) atoms. The van der Waals surface area contributed by atoms with Gasteiger partial charge in [-0.3, -0.25) is 9.78 Å². The predicted molar refractivity (Wildman–Crippen MR) is 86.4 cm³/mol. The van der Waals surface area contributed by atoms with E-state index in [2.05, 4.69) is 4.98 Å². The monoisotopic (exact) mass is 349 g/mol. The average Bonchev–Trinajstić information content (AvgIpc) is 2.56. The molecule has 1 unspecified atom stereocenters. The van der Waals surface area contributed by atoms with Gasteiger partial charge in [0, 0.05) is 32.3 Å². The predicted octanol–water partition coefficient (Wildman–Crippen LogP) is 2.12. The Kier molecular flexibility index (Phi) is 5.63. The lowest BCUT2D eigenvalue weighted by Gasteiger charge is -2.20. The van der Waals surface area contributed by atoms with Gasteiger partial charge in [-0.2, -0.15) is 0 Å². The Balaban J connectivity index is 2.22. The van der Waals surface area contributed by atoms with Crippen LogP contribution in [0.25, 0.3) is 11.3 Å². The van der Waals surface area contributed by atoms with E-state index in [1.54, 1.807) is 6.07 Å². The zero-order chi connectivity index (χ0) is 18.6. The Bertz CT molecular complexity index is 779. The van der Waals surface area contributed by atoms with Crippen LogP contribution in [0.15, 0.2) is 36.5 Å². The molecule has 0 fully saturated rings. The molecule has 0 saturated heterocycles. The summed E-state index contributed by atoms with van der Waals surface area (Å²) in [4.78, 5) is 28.4. The fourth-order valence-corrected chi connectivity index (χ4v) is 2.23. The van der Waals surface area contributed by atoms with Gasteiger partial charge in [-0.05, 0) is 23.8 Å². The molecule has 6 nitrogen and oxygen atoms in total. The number of aromatic nitrogens is 1. The number of halogens is 2. The average molecular weight is 349 g/mol. The molecule has 8 heteroatoms. The Labute approximate surface area is 143 Å². The first-order valence-electron chi connectivity index (χ1n) is 7.36. The Morgan fingerprint density at radius 3 is 2.52 bits per heavy atom. The van der Waals surface area contributed by atoms with Crippen molar-refractivity contribution >= 4 is 12.0 Å². The highest BCUT2D eigenvalue weighted by molar-refractivity contribution is 5.83. The lowest BCUT2D eigenvalue weighted by atomic mass is 10.1. The number of carbonyl (C=O) groups is 2. The van der Waals surface area contributed by atoms with E-state index >= 15 is 0 Å². The summed E-state index contributed by atoms with van der Waals surface area (Å²) >= 11 is 0. The number of nitrogens with zero attached hydrogens (tertiary/aromatic N) is 2. The van der Waals surface area contributed by atoms with E-state index in [0.29, 0.717) is 5.56 Å². The van der Waals surface area contributed by atoms with Crippen LogP contribution in [0.4, 0.5) is 13.6 Å². The largest absolute Gasteiger partial charge is 0.436 e. The van der Waals surface area contributed by atoms with E-state index in [1.165, 1.54) is 43.4 Å². The van der Waals surface area contributed by atoms with Gasteiger partial charge in [-0.25, -0.2) is 13.6 Å². The highest BCUT2D eigenvalue weighted by Crippen LogP contribution is 2.23. The summed E-state index contributed by atoms with van der Waals surface area (Å²) in [6, 6.07) is 6.90. The molecule has 2 rings (SSSR count). The standard InChI is InChI=1S/C17H17F2N3O3/c1-22(2)16(23)14(25-17(20)24)8-10-6-7-13(21-9-10)11-4-3-5-12(18)15(11)19/h3-7,9,14H,8H2,1-2H3,(H2,20,24). The Morgan fingerprint density at radius 1 is 1.24 bits per heavy atom. The van der Waals surface area contributed by atoms with Gasteiger partial charge in [-0.15, -0.1) is 0 Å². The SMILES string of the molecule is CN(C)C(=O)C(Cc1ccc(-c2cccc(F)c2F)nc1)OC(N)=O. The number of primary amides is 1. The van der Waals surface area contributed by atoms with E-state index in [0.717, 1.165) is 6.07 Å². The van der Waals surface area contributed by atoms with Crippen molar-refractivity contribution in [1.82, 2.24) is 9.88 Å². The number of benzene rings is 1. The van der Waals surface area contributed by atoms with Gasteiger partial charge in [0.05, 0.1) is 5.69 Å². The van der Waals surface area contributed by atoms with Gasteiger partial charge in [0.15, 0.2) is 17.7 Å². The van der Waals surface area contributed by atoms with Crippen molar-refractivity contribution in [1.29, 1.82) is 0 Å². The lowest BCUT2D eigenvalue weighted by Crippen LogP contribution is -2.39. The molecule has 1 atom stereocenters. The van der Waals surface area contributed by atoms with Crippen LogP contribution in [0.2, 0.25) is 0 Å². The number of pyridine rings is 1. The molecule has 2 N–H and O–H groups in total. The highest BCUT2D eigenvalue weighted by atomic mass is 19.2. The third kappa shape index (κ3) is 4.50. The molecule has 0 spiro atoms. The fourth-order valence-electron chi connectivity index (χ4n) is 2.23. The first kappa shape index (κ1) is 18.3. The maximum atomic E-state index is 13.8. The van der Waals surface area contributed by atoms with Crippen molar-refractivity contribution in [3.8, 4) is 11.3 Å². The van der Waals surface area contributed by atoms with Crippen LogP contribution in [0, 0.1) is 11.6 Å². The zero-order valence-corrected chi connectivity index (χ0v) is 13.7. The molecule has 1 aromatic heterocycles. The molecular formula is C17H17F2N3O3. The summed E-state index contributed by atoms with van der Waals surface area (Å²) in [5.74, 6) is -2.38. The van der Waals surface area contributed by atoms with Gasteiger partial charge in [0.2, 0.25) is 0 Å². The van der Waals surface area contributed by atoms with Crippen LogP contribution in [0.3, 0.4) is 0 Å². The van der Waals surface area contributed by atoms with Crippen LogP contribution in [0.1, 0.15) is 5.56 Å². The van der Waals surface area contributed by atoms with Crippen LogP contribution >= 0.6 is 0 Å².